The molecule has 0 spiro atoms. The molecule has 0 N–H and O–H groups in total. The van der Waals surface area contributed by atoms with E-state index in [9.17, 15) is 13.7 Å². The Morgan fingerprint density at radius 1 is 0.724 bits per heavy atom. The molecule has 0 amide bonds. The molecular weight excluding hydrogens is 491 g/mol. The summed E-state index contributed by atoms with van der Waals surface area (Å²) in [6.45, 7) is 6.23. The zero-order valence-electron chi connectivity index (χ0n) is 16.5. The van der Waals surface area contributed by atoms with Crippen molar-refractivity contribution in [1.29, 1.82) is 0 Å². The highest BCUT2D eigenvalue weighted by molar-refractivity contribution is 7.78. The van der Waals surface area contributed by atoms with Crippen molar-refractivity contribution in [2.45, 2.75) is 59.3 Å². The molecule has 0 aliphatic carbocycles. The van der Waals surface area contributed by atoms with Crippen LogP contribution < -0.4 is 0 Å². The molecule has 2 fully saturated rings. The van der Waals surface area contributed by atoms with E-state index < -0.39 is 40.7 Å². The second kappa shape index (κ2) is 12.4. The molecule has 12 nitrogen and oxygen atoms in total. The van der Waals surface area contributed by atoms with Gasteiger partial charge in [-0.25, -0.2) is 39.6 Å². The number of hydrogen-bond acceptors (Lipinski definition) is 12. The Hall–Kier alpha value is 1.19. The zero-order chi connectivity index (χ0) is 21.4. The molecule has 2 aliphatic heterocycles. The third-order valence-electron chi connectivity index (χ3n) is 3.24. The number of rotatable bonds is 16. The first-order chi connectivity index (χ1) is 13.8. The average molecular weight is 518 g/mol. The van der Waals surface area contributed by atoms with Gasteiger partial charge in [0.05, 0.1) is 19.8 Å². The lowest BCUT2D eigenvalue weighted by Crippen LogP contribution is -2.11. The van der Waals surface area contributed by atoms with Gasteiger partial charge in [-0.1, -0.05) is 40.0 Å². The minimum Gasteiger partial charge on any atom is -0.286 e. The topological polar surface area (TPSA) is 134 Å². The Balaban J connectivity index is 1.82. The Bertz CT molecular complexity index is 581. The van der Waals surface area contributed by atoms with Crippen molar-refractivity contribution in [3.8, 4) is 0 Å². The van der Waals surface area contributed by atoms with Crippen LogP contribution in [-0.2, 0) is 53.1 Å². The molecule has 0 atom stereocenters. The van der Waals surface area contributed by atoms with Crippen LogP contribution in [0.15, 0.2) is 0 Å². The quantitative estimate of drug-likeness (QED) is 0.149. The van der Waals surface area contributed by atoms with Crippen molar-refractivity contribution in [3.63, 3.8) is 0 Å². The third kappa shape index (κ3) is 8.92. The van der Waals surface area contributed by atoms with Crippen LogP contribution in [0.4, 0.5) is 0 Å². The maximum Gasteiger partial charge on any atom is 0.488 e. The van der Waals surface area contributed by atoms with Gasteiger partial charge < -0.3 is 0 Å². The minimum atomic E-state index is -4.26. The lowest BCUT2D eigenvalue weighted by Gasteiger charge is -2.35. The van der Waals surface area contributed by atoms with Gasteiger partial charge in [-0.2, -0.15) is 0 Å². The van der Waals surface area contributed by atoms with Gasteiger partial charge in [0.1, 0.15) is 0 Å². The Morgan fingerprint density at radius 2 is 1.10 bits per heavy atom. The molecule has 0 aromatic carbocycles. The molecule has 2 rings (SSSR count). The summed E-state index contributed by atoms with van der Waals surface area (Å²) in [5, 5.41) is 0. The fraction of sp³-hybridized carbons (Fsp3) is 1.00. The predicted molar refractivity (Wildman–Crippen MR) is 106 cm³/mol. The Morgan fingerprint density at radius 3 is 1.48 bits per heavy atom. The van der Waals surface area contributed by atoms with Crippen molar-refractivity contribution >= 4 is 40.7 Å². The zero-order valence-corrected chi connectivity index (χ0v) is 21.0. The second-order valence-corrected chi connectivity index (χ2v) is 14.1. The van der Waals surface area contributed by atoms with Crippen LogP contribution in [0.3, 0.4) is 0 Å². The third-order valence-corrected chi connectivity index (χ3v) is 12.7. The molecule has 2 saturated heterocycles. The first-order valence-electron chi connectivity index (χ1n) is 9.27. The molecule has 172 valence electrons. The van der Waals surface area contributed by atoms with Gasteiger partial charge in [0.15, 0.2) is 0 Å². The van der Waals surface area contributed by atoms with Crippen LogP contribution in [0, 0.1) is 0 Å². The number of phosphoric acid groups is 3. The van der Waals surface area contributed by atoms with Crippen molar-refractivity contribution in [2.75, 3.05) is 19.8 Å². The van der Waals surface area contributed by atoms with Gasteiger partial charge >= 0.3 is 40.7 Å². The fourth-order valence-electron chi connectivity index (χ4n) is 1.68. The lowest BCUT2D eigenvalue weighted by atomic mass is 10.4. The molecule has 0 saturated carbocycles. The van der Waals surface area contributed by atoms with Crippen LogP contribution in [0.1, 0.15) is 59.3 Å². The molecule has 0 aromatic heterocycles. The van der Waals surface area contributed by atoms with Gasteiger partial charge in [-0.15, -0.1) is 0 Å². The summed E-state index contributed by atoms with van der Waals surface area (Å²) < 4.78 is 82.2. The van der Waals surface area contributed by atoms with E-state index in [1.54, 1.807) is 0 Å². The molecule has 0 bridgehead atoms. The van der Waals surface area contributed by atoms with Crippen molar-refractivity contribution in [2.24, 2.45) is 0 Å². The molecule has 2 heterocycles. The lowest BCUT2D eigenvalue weighted by molar-refractivity contribution is 0.129. The van der Waals surface area contributed by atoms with Crippen LogP contribution in [-0.4, -0.2) is 19.8 Å². The van der Waals surface area contributed by atoms with E-state index in [2.05, 4.69) is 0 Å². The average Bonchev–Trinajstić information content (AvgIpc) is 2.60. The SMILES string of the molecule is CCCCOP1(=O)OP(OP(=O)(OCCCC)OP2OP(=O)(OCCCC)O2)O1. The number of hydrogen-bond donors (Lipinski definition) is 0. The fourth-order valence-corrected chi connectivity index (χ4v) is 9.82. The van der Waals surface area contributed by atoms with E-state index in [-0.39, 0.29) is 19.8 Å². The first kappa shape index (κ1) is 26.4. The first-order valence-corrected chi connectivity index (χ1v) is 15.8. The largest absolute Gasteiger partial charge is 0.488 e. The van der Waals surface area contributed by atoms with Crippen molar-refractivity contribution in [3.05, 3.63) is 0 Å². The van der Waals surface area contributed by atoms with E-state index in [4.69, 9.17) is 39.4 Å². The van der Waals surface area contributed by atoms with Crippen LogP contribution in [0.2, 0.25) is 0 Å². The normalized spacial score (nSPS) is 33.6. The van der Waals surface area contributed by atoms with Crippen molar-refractivity contribution in [1.82, 2.24) is 0 Å². The van der Waals surface area contributed by atoms with E-state index in [0.717, 1.165) is 19.3 Å². The van der Waals surface area contributed by atoms with Gasteiger partial charge in [-0.05, 0) is 19.3 Å². The number of unbranched alkanes of at least 4 members (excludes halogenated alkanes) is 3. The smallest absolute Gasteiger partial charge is 0.286 e. The molecule has 0 aromatic rings. The summed E-state index contributed by atoms with van der Waals surface area (Å²) in [7, 11) is -16.2. The molecule has 0 radical (unpaired) electrons. The summed E-state index contributed by atoms with van der Waals surface area (Å²) in [5.74, 6) is 0. The maximum atomic E-state index is 12.8. The minimum absolute atomic E-state index is 0.0510. The summed E-state index contributed by atoms with van der Waals surface area (Å²) in [5.41, 5.74) is 0. The van der Waals surface area contributed by atoms with Crippen molar-refractivity contribution < 1.29 is 53.1 Å². The molecular formula is C12H27O12P5. The highest BCUT2D eigenvalue weighted by Gasteiger charge is 2.56. The van der Waals surface area contributed by atoms with Gasteiger partial charge in [0.2, 0.25) is 0 Å². The second-order valence-electron chi connectivity index (χ2n) is 5.84. The standard InChI is InChI=1S/C12H27O12P5/c1-4-7-10-16-27(13)19-25(20-27)23-29(15,18-12-9-6-3)24-26-21-28(14,22-26)17-11-8-5-2/h4-12H2,1-3H3. The predicted octanol–water partition coefficient (Wildman–Crippen LogP) is 7.34. The van der Waals surface area contributed by atoms with E-state index in [0.29, 0.717) is 19.3 Å². The molecule has 17 heteroatoms. The monoisotopic (exact) mass is 518 g/mol. The highest BCUT2D eigenvalue weighted by atomic mass is 31.4. The van der Waals surface area contributed by atoms with E-state index in [1.807, 2.05) is 20.8 Å². The summed E-state index contributed by atoms with van der Waals surface area (Å²) in [6.07, 6.45) is 4.38. The summed E-state index contributed by atoms with van der Waals surface area (Å²) >= 11 is 0. The summed E-state index contributed by atoms with van der Waals surface area (Å²) in [6, 6.07) is 0. The van der Waals surface area contributed by atoms with E-state index in [1.165, 1.54) is 0 Å². The highest BCUT2D eigenvalue weighted by Crippen LogP contribution is 2.86. The van der Waals surface area contributed by atoms with E-state index >= 15 is 0 Å². The Labute approximate surface area is 173 Å². The maximum absolute atomic E-state index is 12.8. The van der Waals surface area contributed by atoms with Gasteiger partial charge in [0.25, 0.3) is 0 Å². The van der Waals surface area contributed by atoms with Crippen LogP contribution in [0.5, 0.6) is 0 Å². The summed E-state index contributed by atoms with van der Waals surface area (Å²) in [4.78, 5) is 0. The van der Waals surface area contributed by atoms with Crippen LogP contribution in [0.25, 0.3) is 0 Å². The Kier molecular flexibility index (Phi) is 11.3. The molecule has 0 unspecified atom stereocenters. The molecule has 29 heavy (non-hydrogen) atoms. The molecule has 2 aliphatic rings. The van der Waals surface area contributed by atoms with Gasteiger partial charge in [0, 0.05) is 0 Å². The van der Waals surface area contributed by atoms with Gasteiger partial charge in [-0.3, -0.25) is 13.6 Å². The van der Waals surface area contributed by atoms with Crippen LogP contribution >= 0.6 is 40.7 Å².